The van der Waals surface area contributed by atoms with Gasteiger partial charge in [-0.2, -0.15) is 4.31 Å². The lowest BCUT2D eigenvalue weighted by atomic mass is 10.1. The molecule has 0 N–H and O–H groups in total. The maximum atomic E-state index is 13.3. The van der Waals surface area contributed by atoms with Crippen LogP contribution in [-0.2, 0) is 10.0 Å². The van der Waals surface area contributed by atoms with Crippen molar-refractivity contribution in [3.8, 4) is 5.75 Å². The molecule has 8 nitrogen and oxygen atoms in total. The first kappa shape index (κ1) is 26.8. The molecule has 2 fully saturated rings. The second-order valence-electron chi connectivity index (χ2n) is 10.3. The summed E-state index contributed by atoms with van der Waals surface area (Å²) in [5, 5.41) is 1.10. The number of rotatable bonds is 9. The highest BCUT2D eigenvalue weighted by molar-refractivity contribution is 7.89. The Kier molecular flexibility index (Phi) is 8.45. The summed E-state index contributed by atoms with van der Waals surface area (Å²) in [5.74, 6) is 2.54. The second kappa shape index (κ2) is 12.0. The zero-order chi connectivity index (χ0) is 26.5. The van der Waals surface area contributed by atoms with Gasteiger partial charge in [-0.25, -0.2) is 18.4 Å². The maximum absolute atomic E-state index is 13.3. The lowest BCUT2D eigenvalue weighted by Gasteiger charge is -2.37. The van der Waals surface area contributed by atoms with Gasteiger partial charge in [-0.1, -0.05) is 25.5 Å². The minimum atomic E-state index is -3.55. The molecule has 2 aromatic carbocycles. The minimum Gasteiger partial charge on any atom is -0.494 e. The number of fused-ring (bicyclic) bond motifs is 1. The van der Waals surface area contributed by atoms with Crippen LogP contribution in [-0.4, -0.2) is 73.5 Å². The van der Waals surface area contributed by atoms with Crippen LogP contribution >= 0.6 is 0 Å². The van der Waals surface area contributed by atoms with Crippen LogP contribution in [0.4, 0.5) is 5.82 Å². The van der Waals surface area contributed by atoms with Gasteiger partial charge in [0, 0.05) is 44.7 Å². The molecule has 0 amide bonds. The first-order valence-electron chi connectivity index (χ1n) is 14.0. The van der Waals surface area contributed by atoms with Crippen LogP contribution in [0.3, 0.4) is 0 Å². The van der Waals surface area contributed by atoms with Crippen LogP contribution < -0.4 is 9.64 Å². The SMILES string of the molecule is CCCCOc1ccc(S(=O)(=O)N2CCN([C@H](C)c3nc(N4CCCCC4)c4ccccc4n3)CC2)cc1. The van der Waals surface area contributed by atoms with Gasteiger partial charge in [-0.3, -0.25) is 4.90 Å². The molecule has 1 atom stereocenters. The van der Waals surface area contributed by atoms with Crippen molar-refractivity contribution >= 4 is 26.7 Å². The number of hydrogen-bond donors (Lipinski definition) is 0. The first-order chi connectivity index (χ1) is 18.5. The Balaban J connectivity index is 1.27. The Morgan fingerprint density at radius 1 is 0.895 bits per heavy atom. The molecule has 0 aliphatic carbocycles. The van der Waals surface area contributed by atoms with E-state index in [2.05, 4.69) is 41.8 Å². The number of unbranched alkanes of at least 4 members (excludes halogenated alkanes) is 1. The molecule has 1 aromatic heterocycles. The molecule has 204 valence electrons. The van der Waals surface area contributed by atoms with Gasteiger partial charge in [0.15, 0.2) is 0 Å². The van der Waals surface area contributed by atoms with E-state index in [1.54, 1.807) is 28.6 Å². The molecule has 0 saturated carbocycles. The topological polar surface area (TPSA) is 78.9 Å². The van der Waals surface area contributed by atoms with Crippen LogP contribution in [0, 0.1) is 0 Å². The molecule has 5 rings (SSSR count). The van der Waals surface area contributed by atoms with E-state index >= 15 is 0 Å². The zero-order valence-corrected chi connectivity index (χ0v) is 23.4. The van der Waals surface area contributed by atoms with E-state index in [9.17, 15) is 8.42 Å². The van der Waals surface area contributed by atoms with E-state index in [-0.39, 0.29) is 6.04 Å². The smallest absolute Gasteiger partial charge is 0.243 e. The number of piperidine rings is 1. The number of aromatic nitrogens is 2. The Morgan fingerprint density at radius 3 is 2.32 bits per heavy atom. The van der Waals surface area contributed by atoms with Crippen molar-refractivity contribution in [1.29, 1.82) is 0 Å². The molecular weight excluding hydrogens is 498 g/mol. The molecule has 0 bridgehead atoms. The van der Waals surface area contributed by atoms with E-state index in [1.807, 2.05) is 6.07 Å². The molecule has 0 unspecified atom stereocenters. The summed E-state index contributed by atoms with van der Waals surface area (Å²) >= 11 is 0. The maximum Gasteiger partial charge on any atom is 0.243 e. The van der Waals surface area contributed by atoms with E-state index in [0.717, 1.165) is 48.5 Å². The molecule has 0 radical (unpaired) electrons. The van der Waals surface area contributed by atoms with Crippen molar-refractivity contribution in [1.82, 2.24) is 19.2 Å². The zero-order valence-electron chi connectivity index (χ0n) is 22.6. The predicted octanol–water partition coefficient (Wildman–Crippen LogP) is 4.87. The highest BCUT2D eigenvalue weighted by Gasteiger charge is 2.31. The second-order valence-corrected chi connectivity index (χ2v) is 12.2. The molecule has 2 aliphatic rings. The van der Waals surface area contributed by atoms with Crippen LogP contribution in [0.2, 0.25) is 0 Å². The number of anilines is 1. The third-order valence-electron chi connectivity index (χ3n) is 7.68. The fourth-order valence-corrected chi connectivity index (χ4v) is 6.72. The molecule has 9 heteroatoms. The number of piperazine rings is 1. The molecular formula is C29H39N5O3S. The van der Waals surface area contributed by atoms with Crippen molar-refractivity contribution in [2.75, 3.05) is 50.8 Å². The molecule has 3 heterocycles. The molecule has 2 aliphatic heterocycles. The number of hydrogen-bond acceptors (Lipinski definition) is 7. The lowest BCUT2D eigenvalue weighted by Crippen LogP contribution is -2.49. The number of benzene rings is 2. The van der Waals surface area contributed by atoms with Crippen molar-refractivity contribution in [2.45, 2.75) is 56.9 Å². The van der Waals surface area contributed by atoms with E-state index in [4.69, 9.17) is 14.7 Å². The fourth-order valence-electron chi connectivity index (χ4n) is 5.30. The summed E-state index contributed by atoms with van der Waals surface area (Å²) in [4.78, 5) is 15.0. The number of ether oxygens (including phenoxy) is 1. The van der Waals surface area contributed by atoms with Crippen molar-refractivity contribution in [3.63, 3.8) is 0 Å². The van der Waals surface area contributed by atoms with E-state index < -0.39 is 10.0 Å². The first-order valence-corrected chi connectivity index (χ1v) is 15.4. The standard InChI is InChI=1S/C29H39N5O3S/c1-3-4-22-37-24-12-14-25(15-13-24)38(35,36)34-20-18-32(19-21-34)23(2)28-30-27-11-7-6-10-26(27)29(31-28)33-16-8-5-9-17-33/h6-7,10-15,23H,3-5,8-9,16-22H2,1-2H3/t23-/m1/s1. The summed E-state index contributed by atoms with van der Waals surface area (Å²) in [7, 11) is -3.55. The fraction of sp³-hybridized carbons (Fsp3) is 0.517. The Labute approximate surface area is 226 Å². The van der Waals surface area contributed by atoms with Crippen molar-refractivity contribution in [3.05, 3.63) is 54.4 Å². The molecule has 38 heavy (non-hydrogen) atoms. The summed E-state index contributed by atoms with van der Waals surface area (Å²) in [6.45, 7) is 9.08. The summed E-state index contributed by atoms with van der Waals surface area (Å²) in [6, 6.07) is 15.0. The highest BCUT2D eigenvalue weighted by atomic mass is 32.2. The van der Waals surface area contributed by atoms with Gasteiger partial charge in [0.2, 0.25) is 10.0 Å². The molecule has 3 aromatic rings. The van der Waals surface area contributed by atoms with Gasteiger partial charge in [-0.05, 0) is 69.0 Å². The number of para-hydroxylation sites is 1. The Bertz CT molecular complexity index is 1320. The molecule has 2 saturated heterocycles. The summed E-state index contributed by atoms with van der Waals surface area (Å²) in [5.41, 5.74) is 0.966. The van der Waals surface area contributed by atoms with Crippen molar-refractivity contribution < 1.29 is 13.2 Å². The van der Waals surface area contributed by atoms with Crippen molar-refractivity contribution in [2.24, 2.45) is 0 Å². The highest BCUT2D eigenvalue weighted by Crippen LogP contribution is 2.30. The average Bonchev–Trinajstić information content (AvgIpc) is 2.97. The van der Waals surface area contributed by atoms with Gasteiger partial charge in [0.1, 0.15) is 17.4 Å². The Hall–Kier alpha value is -2.75. The van der Waals surface area contributed by atoms with Gasteiger partial charge < -0.3 is 9.64 Å². The van der Waals surface area contributed by atoms with Crippen LogP contribution in [0.15, 0.2) is 53.4 Å². The van der Waals surface area contributed by atoms with E-state index in [0.29, 0.717) is 43.4 Å². The normalized spacial score (nSPS) is 18.5. The number of nitrogens with zero attached hydrogens (tertiary/aromatic N) is 5. The van der Waals surface area contributed by atoms with Gasteiger partial charge >= 0.3 is 0 Å². The Morgan fingerprint density at radius 2 is 1.61 bits per heavy atom. The third-order valence-corrected chi connectivity index (χ3v) is 9.59. The lowest BCUT2D eigenvalue weighted by molar-refractivity contribution is 0.141. The third kappa shape index (κ3) is 5.80. The summed E-state index contributed by atoms with van der Waals surface area (Å²) < 4.78 is 33.9. The van der Waals surface area contributed by atoms with Crippen LogP contribution in [0.5, 0.6) is 5.75 Å². The molecule has 0 spiro atoms. The quantitative estimate of drug-likeness (QED) is 0.361. The van der Waals surface area contributed by atoms with Crippen LogP contribution in [0.1, 0.15) is 57.8 Å². The van der Waals surface area contributed by atoms with Gasteiger partial charge in [0.25, 0.3) is 0 Å². The predicted molar refractivity (Wildman–Crippen MR) is 151 cm³/mol. The number of sulfonamides is 1. The minimum absolute atomic E-state index is 0.00689. The largest absolute Gasteiger partial charge is 0.494 e. The average molecular weight is 538 g/mol. The van der Waals surface area contributed by atoms with Crippen LogP contribution in [0.25, 0.3) is 10.9 Å². The van der Waals surface area contributed by atoms with Gasteiger partial charge in [-0.15, -0.1) is 0 Å². The van der Waals surface area contributed by atoms with E-state index in [1.165, 1.54) is 19.3 Å². The monoisotopic (exact) mass is 537 g/mol. The summed E-state index contributed by atoms with van der Waals surface area (Å²) in [6.07, 6.45) is 5.69. The van der Waals surface area contributed by atoms with Gasteiger partial charge in [0.05, 0.1) is 23.1 Å².